The van der Waals surface area contributed by atoms with Crippen molar-refractivity contribution in [3.8, 4) is 0 Å². The molecule has 0 aromatic rings. The topological polar surface area (TPSA) is 26.3 Å². The normalized spacial score (nSPS) is 51.2. The molecular formula is C17H26O2. The molecule has 2 nitrogen and oxygen atoms in total. The van der Waals surface area contributed by atoms with Crippen LogP contribution in [0, 0.1) is 16.2 Å². The highest BCUT2D eigenvalue weighted by molar-refractivity contribution is 5.87. The number of ether oxygens (including phenoxy) is 1. The molecule has 4 rings (SSSR count). The molecule has 106 valence electrons. The summed E-state index contributed by atoms with van der Waals surface area (Å²) in [6, 6.07) is 0. The molecule has 0 spiro atoms. The zero-order chi connectivity index (χ0) is 14.1. The van der Waals surface area contributed by atoms with Crippen LogP contribution in [-0.4, -0.2) is 11.6 Å². The van der Waals surface area contributed by atoms with Crippen molar-refractivity contribution in [1.82, 2.24) is 0 Å². The molecule has 0 aromatic carbocycles. The van der Waals surface area contributed by atoms with Gasteiger partial charge in [0.1, 0.15) is 5.60 Å². The van der Waals surface area contributed by atoms with E-state index >= 15 is 0 Å². The summed E-state index contributed by atoms with van der Waals surface area (Å²) in [6.45, 7) is 12.7. The standard InChI is InChI=1S/C17H26O2/c1-12(2)13(18)19-17-9-14(3)6-15(4,10-17)8-16(5,7-14)11-17/h1,6-11H2,2-5H3. The first-order valence-corrected chi connectivity index (χ1v) is 7.46. The largest absolute Gasteiger partial charge is 0.456 e. The van der Waals surface area contributed by atoms with Crippen LogP contribution in [0.4, 0.5) is 0 Å². The number of esters is 1. The number of carbonyl (C=O) groups is 1. The van der Waals surface area contributed by atoms with E-state index < -0.39 is 0 Å². The number of hydrogen-bond donors (Lipinski definition) is 0. The Morgan fingerprint density at radius 3 is 1.58 bits per heavy atom. The lowest BCUT2D eigenvalue weighted by Crippen LogP contribution is -2.63. The van der Waals surface area contributed by atoms with Gasteiger partial charge in [0.25, 0.3) is 0 Å². The summed E-state index contributed by atoms with van der Waals surface area (Å²) in [7, 11) is 0. The molecule has 4 aliphatic carbocycles. The second-order valence-corrected chi connectivity index (χ2v) is 8.85. The third-order valence-corrected chi connectivity index (χ3v) is 5.47. The predicted molar refractivity (Wildman–Crippen MR) is 75.7 cm³/mol. The first-order valence-electron chi connectivity index (χ1n) is 7.46. The fraction of sp³-hybridized carbons (Fsp3) is 0.824. The van der Waals surface area contributed by atoms with Gasteiger partial charge in [-0.05, 0) is 61.7 Å². The van der Waals surface area contributed by atoms with E-state index in [2.05, 4.69) is 27.4 Å². The summed E-state index contributed by atoms with van der Waals surface area (Å²) < 4.78 is 5.97. The molecule has 2 heteroatoms. The Morgan fingerprint density at radius 2 is 1.26 bits per heavy atom. The van der Waals surface area contributed by atoms with Crippen molar-refractivity contribution < 1.29 is 9.53 Å². The molecule has 4 saturated carbocycles. The van der Waals surface area contributed by atoms with Crippen molar-refractivity contribution in [1.29, 1.82) is 0 Å². The molecule has 0 saturated heterocycles. The van der Waals surface area contributed by atoms with Gasteiger partial charge in [-0.25, -0.2) is 4.79 Å². The van der Waals surface area contributed by atoms with Crippen LogP contribution < -0.4 is 0 Å². The Bertz CT molecular complexity index is 408. The first-order chi connectivity index (χ1) is 8.57. The highest BCUT2D eigenvalue weighted by Gasteiger charge is 2.65. The van der Waals surface area contributed by atoms with Crippen LogP contribution in [0.1, 0.15) is 66.2 Å². The fourth-order valence-corrected chi connectivity index (χ4v) is 6.57. The van der Waals surface area contributed by atoms with Gasteiger partial charge in [0.05, 0.1) is 0 Å². The van der Waals surface area contributed by atoms with Gasteiger partial charge in [0.2, 0.25) is 0 Å². The minimum Gasteiger partial charge on any atom is -0.456 e. The molecule has 0 heterocycles. The van der Waals surface area contributed by atoms with Crippen LogP contribution in [-0.2, 0) is 9.53 Å². The van der Waals surface area contributed by atoms with Gasteiger partial charge in [-0.3, -0.25) is 0 Å². The molecule has 0 atom stereocenters. The maximum Gasteiger partial charge on any atom is 0.333 e. The van der Waals surface area contributed by atoms with Gasteiger partial charge >= 0.3 is 5.97 Å². The second kappa shape index (κ2) is 3.45. The molecule has 4 aliphatic rings. The molecule has 0 N–H and O–H groups in total. The van der Waals surface area contributed by atoms with Gasteiger partial charge in [-0.15, -0.1) is 0 Å². The van der Waals surface area contributed by atoms with Crippen LogP contribution >= 0.6 is 0 Å². The van der Waals surface area contributed by atoms with E-state index in [1.807, 2.05) is 0 Å². The number of hydrogen-bond acceptors (Lipinski definition) is 2. The SMILES string of the molecule is C=C(C)C(=O)OC12CC3(C)CC(C)(CC(C)(C3)C1)C2. The lowest BCUT2D eigenvalue weighted by molar-refractivity contribution is -0.234. The van der Waals surface area contributed by atoms with Crippen molar-refractivity contribution in [3.05, 3.63) is 12.2 Å². The maximum atomic E-state index is 12.0. The van der Waals surface area contributed by atoms with Crippen LogP contribution in [0.25, 0.3) is 0 Å². The quantitative estimate of drug-likeness (QED) is 0.549. The number of carbonyl (C=O) groups excluding carboxylic acids is 1. The molecule has 0 radical (unpaired) electrons. The van der Waals surface area contributed by atoms with Crippen molar-refractivity contribution in [2.24, 2.45) is 16.2 Å². The lowest BCUT2D eigenvalue weighted by Gasteiger charge is -2.68. The number of rotatable bonds is 2. The average molecular weight is 262 g/mol. The van der Waals surface area contributed by atoms with Gasteiger partial charge < -0.3 is 4.74 Å². The van der Waals surface area contributed by atoms with Gasteiger partial charge in [-0.1, -0.05) is 27.4 Å². The third kappa shape index (κ3) is 2.04. The van der Waals surface area contributed by atoms with Crippen LogP contribution in [0.3, 0.4) is 0 Å². The Labute approximate surface area is 116 Å². The summed E-state index contributed by atoms with van der Waals surface area (Å²) in [6.07, 6.45) is 7.02. The summed E-state index contributed by atoms with van der Waals surface area (Å²) in [4.78, 5) is 12.0. The maximum absolute atomic E-state index is 12.0. The Hall–Kier alpha value is -0.790. The Kier molecular flexibility index (Phi) is 2.40. The summed E-state index contributed by atoms with van der Waals surface area (Å²) in [5.41, 5.74) is 1.37. The van der Waals surface area contributed by atoms with E-state index in [4.69, 9.17) is 4.74 Å². The average Bonchev–Trinajstić information content (AvgIpc) is 2.07. The van der Waals surface area contributed by atoms with E-state index in [1.54, 1.807) is 6.92 Å². The molecule has 4 bridgehead atoms. The molecule has 0 unspecified atom stereocenters. The molecule has 0 amide bonds. The van der Waals surface area contributed by atoms with Crippen LogP contribution in [0.2, 0.25) is 0 Å². The third-order valence-electron chi connectivity index (χ3n) is 5.47. The molecule has 0 aliphatic heterocycles. The molecule has 4 fully saturated rings. The van der Waals surface area contributed by atoms with Crippen molar-refractivity contribution >= 4 is 5.97 Å². The van der Waals surface area contributed by atoms with Crippen molar-refractivity contribution in [2.45, 2.75) is 71.8 Å². The van der Waals surface area contributed by atoms with Crippen molar-refractivity contribution in [3.63, 3.8) is 0 Å². The summed E-state index contributed by atoms with van der Waals surface area (Å²) >= 11 is 0. The van der Waals surface area contributed by atoms with E-state index in [-0.39, 0.29) is 11.6 Å². The summed E-state index contributed by atoms with van der Waals surface area (Å²) in [5, 5.41) is 0. The van der Waals surface area contributed by atoms with Crippen LogP contribution in [0.5, 0.6) is 0 Å². The smallest absolute Gasteiger partial charge is 0.333 e. The molecular weight excluding hydrogens is 236 g/mol. The zero-order valence-electron chi connectivity index (χ0n) is 12.8. The fourth-order valence-electron chi connectivity index (χ4n) is 6.57. The van der Waals surface area contributed by atoms with Gasteiger partial charge in [0.15, 0.2) is 0 Å². The molecule has 19 heavy (non-hydrogen) atoms. The second-order valence-electron chi connectivity index (χ2n) is 8.85. The van der Waals surface area contributed by atoms with E-state index in [0.717, 1.165) is 19.3 Å². The summed E-state index contributed by atoms with van der Waals surface area (Å²) in [5.74, 6) is -0.197. The van der Waals surface area contributed by atoms with Crippen LogP contribution in [0.15, 0.2) is 12.2 Å². The van der Waals surface area contributed by atoms with Gasteiger partial charge in [-0.2, -0.15) is 0 Å². The monoisotopic (exact) mass is 262 g/mol. The Morgan fingerprint density at radius 1 is 0.895 bits per heavy atom. The highest BCUT2D eigenvalue weighted by atomic mass is 16.6. The zero-order valence-corrected chi connectivity index (χ0v) is 12.8. The Balaban J connectivity index is 1.95. The molecule has 0 aromatic heterocycles. The van der Waals surface area contributed by atoms with E-state index in [1.165, 1.54) is 19.3 Å². The van der Waals surface area contributed by atoms with E-state index in [0.29, 0.717) is 21.8 Å². The first kappa shape index (κ1) is 13.2. The van der Waals surface area contributed by atoms with E-state index in [9.17, 15) is 4.79 Å². The minimum atomic E-state index is -0.219. The predicted octanol–water partition coefficient (Wildman–Crippen LogP) is 4.24. The lowest BCUT2D eigenvalue weighted by atomic mass is 9.39. The van der Waals surface area contributed by atoms with Crippen molar-refractivity contribution in [2.75, 3.05) is 0 Å². The highest BCUT2D eigenvalue weighted by Crippen LogP contribution is 2.71. The van der Waals surface area contributed by atoms with Gasteiger partial charge in [0, 0.05) is 5.57 Å². The minimum absolute atomic E-state index is 0.197.